The Morgan fingerprint density at radius 2 is 2.00 bits per heavy atom. The van der Waals surface area contributed by atoms with Gasteiger partial charge in [-0.05, 0) is 47.9 Å². The maximum atomic E-state index is 13.2. The van der Waals surface area contributed by atoms with Crippen LogP contribution in [0.3, 0.4) is 0 Å². The Morgan fingerprint density at radius 3 is 2.72 bits per heavy atom. The van der Waals surface area contributed by atoms with Gasteiger partial charge < -0.3 is 20.5 Å². The minimum absolute atomic E-state index is 0.124. The van der Waals surface area contributed by atoms with Crippen LogP contribution in [0, 0.1) is 0 Å². The number of unbranched alkanes of at least 4 members (excludes halogenated alkanes) is 1. The van der Waals surface area contributed by atoms with Crippen molar-refractivity contribution in [2.75, 3.05) is 25.1 Å². The van der Waals surface area contributed by atoms with Crippen molar-refractivity contribution in [1.82, 2.24) is 10.3 Å². The van der Waals surface area contributed by atoms with E-state index < -0.39 is 12.0 Å². The number of alkyl carbamates (subject to hydrolysis) is 1. The second kappa shape index (κ2) is 12.2. The second-order valence-corrected chi connectivity index (χ2v) is 8.59. The minimum atomic E-state index is -0.580. The number of aliphatic hydroxyl groups is 1. The maximum Gasteiger partial charge on any atom is 0.407 e. The van der Waals surface area contributed by atoms with Crippen molar-refractivity contribution in [3.63, 3.8) is 0 Å². The topological polar surface area (TPSA) is 101 Å². The molecule has 170 valence electrons. The fourth-order valence-electron chi connectivity index (χ4n) is 3.26. The van der Waals surface area contributed by atoms with Crippen LogP contribution in [0.2, 0.25) is 0 Å². The Bertz CT molecular complexity index is 987. The summed E-state index contributed by atoms with van der Waals surface area (Å²) in [6, 6.07) is 11.5. The highest BCUT2D eigenvalue weighted by Gasteiger charge is 2.23. The molecule has 8 heteroatoms. The van der Waals surface area contributed by atoms with Gasteiger partial charge in [-0.2, -0.15) is 0 Å². The largest absolute Gasteiger partial charge is 0.450 e. The lowest BCUT2D eigenvalue weighted by molar-refractivity contribution is -0.117. The van der Waals surface area contributed by atoms with Crippen LogP contribution in [0.15, 0.2) is 48.8 Å². The normalized spacial score (nSPS) is 11.8. The lowest BCUT2D eigenvalue weighted by Gasteiger charge is -2.18. The molecule has 0 spiro atoms. The summed E-state index contributed by atoms with van der Waals surface area (Å²) in [5, 5.41) is 16.5. The van der Waals surface area contributed by atoms with Gasteiger partial charge in [0.15, 0.2) is 0 Å². The number of thiophene rings is 1. The van der Waals surface area contributed by atoms with Crippen LogP contribution < -0.4 is 10.6 Å². The number of fused-ring (bicyclic) bond motifs is 1. The number of amides is 2. The van der Waals surface area contributed by atoms with Crippen molar-refractivity contribution < 1.29 is 19.4 Å². The fourth-order valence-corrected chi connectivity index (χ4v) is 4.19. The van der Waals surface area contributed by atoms with Crippen LogP contribution in [0.4, 0.5) is 9.80 Å². The van der Waals surface area contributed by atoms with Crippen molar-refractivity contribution in [2.45, 2.75) is 38.5 Å². The fraction of sp³-hybridized carbons (Fsp3) is 0.375. The minimum Gasteiger partial charge on any atom is -0.450 e. The summed E-state index contributed by atoms with van der Waals surface area (Å²) in [5.74, 6) is -0.787. The van der Waals surface area contributed by atoms with E-state index in [0.717, 1.165) is 45.5 Å². The van der Waals surface area contributed by atoms with E-state index in [2.05, 4.69) is 15.6 Å². The third-order valence-corrected chi connectivity index (χ3v) is 6.07. The predicted molar refractivity (Wildman–Crippen MR) is 127 cm³/mol. The molecule has 3 aromatic rings. The molecule has 3 rings (SSSR count). The Labute approximate surface area is 191 Å². The van der Waals surface area contributed by atoms with Gasteiger partial charge in [0, 0.05) is 25.5 Å². The number of hydrogen-bond donors (Lipinski definition) is 3. The third kappa shape index (κ3) is 6.77. The summed E-state index contributed by atoms with van der Waals surface area (Å²) in [4.78, 5) is 29.3. The van der Waals surface area contributed by atoms with E-state index >= 15 is 0 Å². The molecule has 2 aromatic heterocycles. The molecule has 0 aliphatic carbocycles. The number of anilines is 1. The molecule has 0 bridgehead atoms. The quantitative estimate of drug-likeness (QED) is 0.370. The van der Waals surface area contributed by atoms with Gasteiger partial charge >= 0.3 is 6.09 Å². The highest BCUT2D eigenvalue weighted by atomic mass is 32.1. The maximum absolute atomic E-state index is 13.2. The number of aryl methyl sites for hydroxylation is 1. The monoisotopic (exact) mass is 455 g/mol. The van der Waals surface area contributed by atoms with Crippen LogP contribution in [0.25, 0.3) is 10.1 Å². The highest BCUT2D eigenvalue weighted by Crippen LogP contribution is 2.30. The number of ether oxygens (including phenoxy) is 1. The first-order valence-corrected chi connectivity index (χ1v) is 11.7. The molecule has 32 heavy (non-hydrogen) atoms. The summed E-state index contributed by atoms with van der Waals surface area (Å²) >= 11 is 1.46. The van der Waals surface area contributed by atoms with E-state index in [1.807, 2.05) is 43.3 Å². The van der Waals surface area contributed by atoms with E-state index in [1.165, 1.54) is 11.3 Å². The number of nitrogens with zero attached hydrogens (tertiary/aromatic N) is 1. The molecule has 0 saturated heterocycles. The molecule has 1 atom stereocenters. The Balaban J connectivity index is 1.72. The lowest BCUT2D eigenvalue weighted by atomic mass is 9.96. The summed E-state index contributed by atoms with van der Waals surface area (Å²) in [6.45, 7) is 2.64. The van der Waals surface area contributed by atoms with Crippen molar-refractivity contribution in [1.29, 1.82) is 0 Å². The van der Waals surface area contributed by atoms with Crippen molar-refractivity contribution in [3.8, 4) is 0 Å². The van der Waals surface area contributed by atoms with Gasteiger partial charge in [0.2, 0.25) is 5.91 Å². The smallest absolute Gasteiger partial charge is 0.407 e. The number of carbonyl (C=O) groups excluding carboxylic acids is 2. The summed E-state index contributed by atoms with van der Waals surface area (Å²) in [5.41, 5.74) is 1.89. The van der Waals surface area contributed by atoms with Crippen molar-refractivity contribution in [3.05, 3.63) is 59.9 Å². The SMILES string of the molecule is CCCCOC(=O)NCC(C(=O)Nc1cc2ccncc2s1)c1ccc(CCCO)cc1. The number of carbonyl (C=O) groups is 2. The molecule has 0 fully saturated rings. The van der Waals surface area contributed by atoms with Gasteiger partial charge in [0.25, 0.3) is 0 Å². The molecule has 0 aliphatic heterocycles. The van der Waals surface area contributed by atoms with Gasteiger partial charge in [-0.15, -0.1) is 11.3 Å². The van der Waals surface area contributed by atoms with E-state index in [-0.39, 0.29) is 19.1 Å². The van der Waals surface area contributed by atoms with Crippen LogP contribution in [-0.2, 0) is 16.0 Å². The van der Waals surface area contributed by atoms with Gasteiger partial charge in [-0.1, -0.05) is 37.6 Å². The number of nitrogens with one attached hydrogen (secondary N) is 2. The zero-order chi connectivity index (χ0) is 22.8. The van der Waals surface area contributed by atoms with Gasteiger partial charge in [-0.25, -0.2) is 4.79 Å². The van der Waals surface area contributed by atoms with Gasteiger partial charge in [0.05, 0.1) is 22.2 Å². The van der Waals surface area contributed by atoms with E-state index in [9.17, 15) is 9.59 Å². The summed E-state index contributed by atoms with van der Waals surface area (Å²) < 4.78 is 6.15. The molecule has 0 saturated carbocycles. The molecule has 0 aliphatic rings. The average molecular weight is 456 g/mol. The number of aliphatic hydroxyl groups excluding tert-OH is 1. The van der Waals surface area contributed by atoms with E-state index in [4.69, 9.17) is 9.84 Å². The zero-order valence-electron chi connectivity index (χ0n) is 18.2. The average Bonchev–Trinajstić information content (AvgIpc) is 3.21. The van der Waals surface area contributed by atoms with E-state index in [1.54, 1.807) is 12.4 Å². The second-order valence-electron chi connectivity index (χ2n) is 7.51. The standard InChI is InChI=1S/C24H29N3O4S/c1-2-3-13-31-24(30)26-15-20(18-8-6-17(7-9-18)5-4-12-28)23(29)27-22-14-19-10-11-25-16-21(19)32-22/h6-11,14,16,20,28H,2-5,12-13,15H2,1H3,(H,26,30)(H,27,29). The molecule has 2 heterocycles. The van der Waals surface area contributed by atoms with Gasteiger partial charge in [0.1, 0.15) is 0 Å². The number of benzene rings is 1. The number of pyridine rings is 1. The van der Waals surface area contributed by atoms with Crippen molar-refractivity contribution >= 4 is 38.4 Å². The highest BCUT2D eigenvalue weighted by molar-refractivity contribution is 7.22. The first-order valence-electron chi connectivity index (χ1n) is 10.9. The number of hydrogen-bond acceptors (Lipinski definition) is 6. The van der Waals surface area contributed by atoms with Crippen LogP contribution in [0.5, 0.6) is 0 Å². The predicted octanol–water partition coefficient (Wildman–Crippen LogP) is 4.47. The Kier molecular flexibility index (Phi) is 9.01. The summed E-state index contributed by atoms with van der Waals surface area (Å²) in [6.07, 6.45) is 6.16. The number of aromatic nitrogens is 1. The van der Waals surface area contributed by atoms with E-state index in [0.29, 0.717) is 13.0 Å². The summed E-state index contributed by atoms with van der Waals surface area (Å²) in [7, 11) is 0. The van der Waals surface area contributed by atoms with Crippen LogP contribution in [0.1, 0.15) is 43.2 Å². The number of rotatable bonds is 11. The molecule has 3 N–H and O–H groups in total. The van der Waals surface area contributed by atoms with Crippen molar-refractivity contribution in [2.24, 2.45) is 0 Å². The first kappa shape index (κ1) is 23.7. The van der Waals surface area contributed by atoms with Crippen LogP contribution in [-0.4, -0.2) is 41.8 Å². The molecule has 7 nitrogen and oxygen atoms in total. The molecule has 0 radical (unpaired) electrons. The lowest BCUT2D eigenvalue weighted by Crippen LogP contribution is -2.34. The molecule has 2 amide bonds. The van der Waals surface area contributed by atoms with Crippen LogP contribution >= 0.6 is 11.3 Å². The zero-order valence-corrected chi connectivity index (χ0v) is 19.0. The third-order valence-electron chi connectivity index (χ3n) is 5.07. The molecule has 1 unspecified atom stereocenters. The first-order chi connectivity index (χ1) is 15.6. The van der Waals surface area contributed by atoms with Gasteiger partial charge in [-0.3, -0.25) is 9.78 Å². The molecular weight excluding hydrogens is 426 g/mol. The Morgan fingerprint density at radius 1 is 1.19 bits per heavy atom. The Hall–Kier alpha value is -2.97. The molecular formula is C24H29N3O4S. The molecule has 1 aromatic carbocycles.